The van der Waals surface area contributed by atoms with Gasteiger partial charge in [0.05, 0.1) is 0 Å². The van der Waals surface area contributed by atoms with Crippen LogP contribution < -0.4 is 16.0 Å². The van der Waals surface area contributed by atoms with Gasteiger partial charge < -0.3 is 16.0 Å². The average molecular weight is 459 g/mol. The Hall–Kier alpha value is -1.02. The molecule has 1 saturated heterocycles. The number of aryl methyl sites for hydroxylation is 1. The Morgan fingerprint density at radius 2 is 2.00 bits per heavy atom. The lowest BCUT2D eigenvalue weighted by Crippen LogP contribution is -2.46. The number of nitrogens with zero attached hydrogens (tertiary/aromatic N) is 3. The molecule has 1 aromatic carbocycles. The van der Waals surface area contributed by atoms with E-state index >= 15 is 0 Å². The molecule has 1 fully saturated rings. The van der Waals surface area contributed by atoms with Gasteiger partial charge in [-0.3, -0.25) is 9.89 Å². The number of guanidine groups is 1. The van der Waals surface area contributed by atoms with Gasteiger partial charge in [-0.15, -0.1) is 24.0 Å². The molecular formula is C19H34IN5. The number of hydrogen-bond donors (Lipinski definition) is 2. The molecule has 2 rings (SSSR count). The Labute approximate surface area is 170 Å². The van der Waals surface area contributed by atoms with Crippen molar-refractivity contribution in [3.63, 3.8) is 0 Å². The summed E-state index contributed by atoms with van der Waals surface area (Å²) in [6, 6.07) is 9.18. The maximum atomic E-state index is 5.88. The third-order valence-corrected chi connectivity index (χ3v) is 4.66. The largest absolute Gasteiger partial charge is 0.370 e. The van der Waals surface area contributed by atoms with E-state index < -0.39 is 0 Å². The highest BCUT2D eigenvalue weighted by molar-refractivity contribution is 14.0. The molecule has 0 aliphatic carbocycles. The van der Waals surface area contributed by atoms with E-state index in [0.717, 1.165) is 52.1 Å². The quantitative estimate of drug-likeness (QED) is 0.285. The summed E-state index contributed by atoms with van der Waals surface area (Å²) in [5.41, 5.74) is 8.56. The van der Waals surface area contributed by atoms with E-state index in [9.17, 15) is 0 Å². The fraction of sp³-hybridized carbons (Fsp3) is 0.632. The van der Waals surface area contributed by atoms with E-state index in [1.165, 1.54) is 11.3 Å². The first-order chi connectivity index (χ1) is 11.6. The van der Waals surface area contributed by atoms with Crippen LogP contribution in [0.25, 0.3) is 0 Å². The highest BCUT2D eigenvalue weighted by Gasteiger charge is 2.16. The number of hydrogen-bond acceptors (Lipinski definition) is 3. The van der Waals surface area contributed by atoms with Crippen LogP contribution in [0.5, 0.6) is 0 Å². The van der Waals surface area contributed by atoms with Crippen molar-refractivity contribution >= 4 is 35.6 Å². The summed E-state index contributed by atoms with van der Waals surface area (Å²) in [6.45, 7) is 12.8. The van der Waals surface area contributed by atoms with Gasteiger partial charge in [0.2, 0.25) is 0 Å². The van der Waals surface area contributed by atoms with Crippen LogP contribution in [-0.2, 0) is 0 Å². The topological polar surface area (TPSA) is 56.9 Å². The first-order valence-corrected chi connectivity index (χ1v) is 9.19. The van der Waals surface area contributed by atoms with Crippen LogP contribution in [0.15, 0.2) is 29.3 Å². The first-order valence-electron chi connectivity index (χ1n) is 9.19. The highest BCUT2D eigenvalue weighted by atomic mass is 127. The van der Waals surface area contributed by atoms with Crippen LogP contribution in [0.1, 0.15) is 32.3 Å². The van der Waals surface area contributed by atoms with Crippen molar-refractivity contribution in [2.24, 2.45) is 10.7 Å². The molecule has 0 spiro atoms. The van der Waals surface area contributed by atoms with Gasteiger partial charge in [-0.05, 0) is 44.4 Å². The van der Waals surface area contributed by atoms with Crippen molar-refractivity contribution in [2.45, 2.75) is 39.7 Å². The van der Waals surface area contributed by atoms with Gasteiger partial charge in [0.25, 0.3) is 0 Å². The number of piperazine rings is 1. The summed E-state index contributed by atoms with van der Waals surface area (Å²) in [4.78, 5) is 9.42. The molecule has 1 unspecified atom stereocenters. The first kappa shape index (κ1) is 22.0. The number of nitrogens with one attached hydrogen (secondary N) is 1. The molecular weight excluding hydrogens is 425 g/mol. The van der Waals surface area contributed by atoms with E-state index in [-0.39, 0.29) is 24.0 Å². The maximum Gasteiger partial charge on any atom is 0.188 e. The predicted molar refractivity (Wildman–Crippen MR) is 119 cm³/mol. The predicted octanol–water partition coefficient (Wildman–Crippen LogP) is 2.83. The molecule has 1 aliphatic heterocycles. The number of rotatable bonds is 7. The monoisotopic (exact) mass is 459 g/mol. The zero-order valence-electron chi connectivity index (χ0n) is 15.9. The molecule has 1 atom stereocenters. The molecule has 0 aromatic heterocycles. The second kappa shape index (κ2) is 11.6. The molecule has 3 N–H and O–H groups in total. The second-order valence-corrected chi connectivity index (χ2v) is 6.74. The molecule has 5 nitrogen and oxygen atoms in total. The summed E-state index contributed by atoms with van der Waals surface area (Å²) >= 11 is 0. The number of aliphatic imine (C=N–C) groups is 1. The number of halogens is 1. The smallest absolute Gasteiger partial charge is 0.188 e. The summed E-state index contributed by atoms with van der Waals surface area (Å²) < 4.78 is 0. The third kappa shape index (κ3) is 7.81. The number of nitrogens with two attached hydrogens (primary N) is 1. The van der Waals surface area contributed by atoms with E-state index in [4.69, 9.17) is 5.73 Å². The van der Waals surface area contributed by atoms with E-state index in [2.05, 4.69) is 65.1 Å². The maximum absolute atomic E-state index is 5.88. The molecule has 0 saturated carbocycles. The van der Waals surface area contributed by atoms with Gasteiger partial charge in [0, 0.05) is 51.0 Å². The molecule has 6 heteroatoms. The summed E-state index contributed by atoms with van der Waals surface area (Å²) in [5, 5.41) is 3.20. The molecule has 1 heterocycles. The summed E-state index contributed by atoms with van der Waals surface area (Å²) in [5.74, 6) is 0.577. The van der Waals surface area contributed by atoms with Gasteiger partial charge >= 0.3 is 0 Å². The van der Waals surface area contributed by atoms with E-state index in [1.807, 2.05) is 0 Å². The van der Waals surface area contributed by atoms with Crippen LogP contribution in [0.3, 0.4) is 0 Å². The van der Waals surface area contributed by atoms with E-state index in [0.29, 0.717) is 12.0 Å². The Morgan fingerprint density at radius 3 is 2.64 bits per heavy atom. The number of benzene rings is 1. The Balaban J connectivity index is 0.00000312. The minimum Gasteiger partial charge on any atom is -0.370 e. The standard InChI is InChI=1S/C19H33N5.HI/c1-4-17(3)22-19(20)21-9-6-10-23-11-13-24(14-12-23)18-8-5-7-16(2)15-18;/h5,7-8,15,17H,4,6,9-14H2,1-3H3,(H3,20,21,22);1H. The SMILES string of the molecule is CCC(C)NC(N)=NCCCN1CCN(c2cccc(C)c2)CC1.I. The Kier molecular flexibility index (Phi) is 10.2. The fourth-order valence-corrected chi connectivity index (χ4v) is 2.95. The van der Waals surface area contributed by atoms with E-state index in [1.54, 1.807) is 0 Å². The summed E-state index contributed by atoms with van der Waals surface area (Å²) in [7, 11) is 0. The van der Waals surface area contributed by atoms with Crippen LogP contribution in [-0.4, -0.2) is 56.2 Å². The molecule has 0 bridgehead atoms. The third-order valence-electron chi connectivity index (χ3n) is 4.66. The lowest BCUT2D eigenvalue weighted by Gasteiger charge is -2.36. The van der Waals surface area contributed by atoms with Crippen LogP contribution in [0.2, 0.25) is 0 Å². The molecule has 25 heavy (non-hydrogen) atoms. The van der Waals surface area contributed by atoms with Crippen molar-refractivity contribution < 1.29 is 0 Å². The van der Waals surface area contributed by atoms with Crippen molar-refractivity contribution in [1.29, 1.82) is 0 Å². The zero-order valence-corrected chi connectivity index (χ0v) is 18.2. The fourth-order valence-electron chi connectivity index (χ4n) is 2.95. The van der Waals surface area contributed by atoms with Crippen LogP contribution in [0, 0.1) is 6.92 Å². The van der Waals surface area contributed by atoms with Crippen LogP contribution in [0.4, 0.5) is 5.69 Å². The van der Waals surface area contributed by atoms with Crippen molar-refractivity contribution in [3.8, 4) is 0 Å². The zero-order chi connectivity index (χ0) is 17.4. The van der Waals surface area contributed by atoms with Crippen molar-refractivity contribution in [3.05, 3.63) is 29.8 Å². The number of anilines is 1. The lowest BCUT2D eigenvalue weighted by atomic mass is 10.2. The summed E-state index contributed by atoms with van der Waals surface area (Å²) in [6.07, 6.45) is 2.12. The molecule has 1 aromatic rings. The van der Waals surface area contributed by atoms with Gasteiger partial charge in [0.1, 0.15) is 0 Å². The Bertz CT molecular complexity index is 526. The minimum absolute atomic E-state index is 0. The average Bonchev–Trinajstić information content (AvgIpc) is 2.59. The second-order valence-electron chi connectivity index (χ2n) is 6.74. The van der Waals surface area contributed by atoms with Gasteiger partial charge in [-0.2, -0.15) is 0 Å². The molecule has 0 radical (unpaired) electrons. The van der Waals surface area contributed by atoms with Crippen LogP contribution >= 0.6 is 24.0 Å². The normalized spacial score (nSPS) is 17.1. The highest BCUT2D eigenvalue weighted by Crippen LogP contribution is 2.17. The Morgan fingerprint density at radius 1 is 1.28 bits per heavy atom. The molecule has 1 aliphatic rings. The van der Waals surface area contributed by atoms with Gasteiger partial charge in [-0.25, -0.2) is 0 Å². The van der Waals surface area contributed by atoms with Crippen molar-refractivity contribution in [2.75, 3.05) is 44.2 Å². The van der Waals surface area contributed by atoms with Crippen molar-refractivity contribution in [1.82, 2.24) is 10.2 Å². The minimum atomic E-state index is 0. The lowest BCUT2D eigenvalue weighted by molar-refractivity contribution is 0.256. The molecule has 0 amide bonds. The van der Waals surface area contributed by atoms with Gasteiger partial charge in [0.15, 0.2) is 5.96 Å². The van der Waals surface area contributed by atoms with Gasteiger partial charge in [-0.1, -0.05) is 19.1 Å². The molecule has 142 valence electrons.